The van der Waals surface area contributed by atoms with E-state index >= 15 is 0 Å². The molecule has 0 atom stereocenters. The second kappa shape index (κ2) is 4.98. The lowest BCUT2D eigenvalue weighted by Gasteiger charge is -2.36. The third-order valence-electron chi connectivity index (χ3n) is 3.55. The summed E-state index contributed by atoms with van der Waals surface area (Å²) in [5, 5.41) is 12.9. The molecule has 0 bridgehead atoms. The zero-order chi connectivity index (χ0) is 13.2. The number of benzene rings is 1. The minimum atomic E-state index is -0.626. The lowest BCUT2D eigenvalue weighted by atomic mass is 9.93. The van der Waals surface area contributed by atoms with Crippen LogP contribution in [-0.4, -0.2) is 41.7 Å². The fourth-order valence-electron chi connectivity index (χ4n) is 2.25. The Kier molecular flexibility index (Phi) is 3.57. The number of anilines is 1. The van der Waals surface area contributed by atoms with Crippen molar-refractivity contribution < 1.29 is 9.90 Å². The van der Waals surface area contributed by atoms with Crippen LogP contribution < -0.4 is 5.32 Å². The van der Waals surface area contributed by atoms with Crippen molar-refractivity contribution in [2.45, 2.75) is 25.4 Å². The molecule has 1 saturated heterocycles. The van der Waals surface area contributed by atoms with Gasteiger partial charge in [0.1, 0.15) is 0 Å². The summed E-state index contributed by atoms with van der Waals surface area (Å²) < 4.78 is 0. The first-order valence-corrected chi connectivity index (χ1v) is 6.32. The fourth-order valence-corrected chi connectivity index (χ4v) is 2.25. The van der Waals surface area contributed by atoms with Gasteiger partial charge in [-0.25, -0.2) is 0 Å². The molecule has 0 spiro atoms. The first-order chi connectivity index (χ1) is 8.53. The lowest BCUT2D eigenvalue weighted by Crippen LogP contribution is -2.45. The van der Waals surface area contributed by atoms with Crippen LogP contribution in [0.25, 0.3) is 0 Å². The summed E-state index contributed by atoms with van der Waals surface area (Å²) in [5.41, 5.74) is 0.917. The first-order valence-electron chi connectivity index (χ1n) is 6.32. The number of para-hydroxylation sites is 1. The van der Waals surface area contributed by atoms with Gasteiger partial charge in [0, 0.05) is 25.8 Å². The lowest BCUT2D eigenvalue weighted by molar-refractivity contribution is -0.00199. The Labute approximate surface area is 108 Å². The van der Waals surface area contributed by atoms with Gasteiger partial charge in [0.15, 0.2) is 0 Å². The van der Waals surface area contributed by atoms with E-state index in [9.17, 15) is 9.90 Å². The number of hydrogen-bond donors (Lipinski definition) is 2. The topological polar surface area (TPSA) is 52.6 Å². The standard InChI is InChI=1S/C14H20N2O2/c1-14(18)7-9-16(10-8-14)13(17)11-5-3-4-6-12(11)15-2/h3-6,15,18H,7-10H2,1-2H3. The van der Waals surface area contributed by atoms with Crippen LogP contribution in [0.15, 0.2) is 24.3 Å². The smallest absolute Gasteiger partial charge is 0.255 e. The molecule has 1 heterocycles. The Balaban J connectivity index is 2.13. The SMILES string of the molecule is CNc1ccccc1C(=O)N1CCC(C)(O)CC1. The van der Waals surface area contributed by atoms with Crippen molar-refractivity contribution in [3.8, 4) is 0 Å². The number of amides is 1. The van der Waals surface area contributed by atoms with E-state index in [1.165, 1.54) is 0 Å². The van der Waals surface area contributed by atoms with E-state index in [-0.39, 0.29) is 5.91 Å². The monoisotopic (exact) mass is 248 g/mol. The number of carbonyl (C=O) groups is 1. The highest BCUT2D eigenvalue weighted by Crippen LogP contribution is 2.24. The molecule has 1 aromatic carbocycles. The fraction of sp³-hybridized carbons (Fsp3) is 0.500. The predicted octanol–water partition coefficient (Wildman–Crippen LogP) is 1.72. The van der Waals surface area contributed by atoms with Crippen molar-refractivity contribution in [2.24, 2.45) is 0 Å². The van der Waals surface area contributed by atoms with Gasteiger partial charge in [0.05, 0.1) is 11.2 Å². The molecule has 2 N–H and O–H groups in total. The maximum Gasteiger partial charge on any atom is 0.255 e. The number of likely N-dealkylation sites (tertiary alicyclic amines) is 1. The third kappa shape index (κ3) is 2.64. The summed E-state index contributed by atoms with van der Waals surface area (Å²) in [5.74, 6) is 0.0375. The van der Waals surface area contributed by atoms with Gasteiger partial charge in [0.2, 0.25) is 0 Å². The molecule has 4 heteroatoms. The van der Waals surface area contributed by atoms with Gasteiger partial charge in [-0.1, -0.05) is 12.1 Å². The average Bonchev–Trinajstić information content (AvgIpc) is 2.38. The Morgan fingerprint density at radius 3 is 2.56 bits per heavy atom. The predicted molar refractivity (Wildman–Crippen MR) is 71.8 cm³/mol. The normalized spacial score (nSPS) is 18.5. The molecular formula is C14H20N2O2. The van der Waals surface area contributed by atoms with Gasteiger partial charge in [-0.15, -0.1) is 0 Å². The molecule has 98 valence electrons. The van der Waals surface area contributed by atoms with E-state index in [2.05, 4.69) is 5.32 Å². The summed E-state index contributed by atoms with van der Waals surface area (Å²) in [6.07, 6.45) is 1.28. The number of nitrogens with zero attached hydrogens (tertiary/aromatic N) is 1. The summed E-state index contributed by atoms with van der Waals surface area (Å²) in [6.45, 7) is 3.06. The molecule has 0 aliphatic carbocycles. The van der Waals surface area contributed by atoms with Crippen LogP contribution in [0.4, 0.5) is 5.69 Å². The van der Waals surface area contributed by atoms with Crippen LogP contribution in [-0.2, 0) is 0 Å². The zero-order valence-electron chi connectivity index (χ0n) is 10.9. The molecule has 0 unspecified atom stereocenters. The molecule has 4 nitrogen and oxygen atoms in total. The molecular weight excluding hydrogens is 228 g/mol. The first kappa shape index (κ1) is 12.9. The van der Waals surface area contributed by atoms with Crippen molar-refractivity contribution in [3.05, 3.63) is 29.8 Å². The van der Waals surface area contributed by atoms with Crippen LogP contribution in [0, 0.1) is 0 Å². The summed E-state index contributed by atoms with van der Waals surface area (Å²) in [7, 11) is 1.81. The molecule has 2 rings (SSSR count). The Morgan fingerprint density at radius 1 is 1.33 bits per heavy atom. The number of rotatable bonds is 2. The van der Waals surface area contributed by atoms with E-state index in [0.29, 0.717) is 31.5 Å². The second-order valence-electron chi connectivity index (χ2n) is 5.08. The van der Waals surface area contributed by atoms with Gasteiger partial charge in [-0.05, 0) is 31.9 Å². The van der Waals surface area contributed by atoms with E-state index in [1.54, 1.807) is 0 Å². The van der Waals surface area contributed by atoms with Crippen LogP contribution >= 0.6 is 0 Å². The third-order valence-corrected chi connectivity index (χ3v) is 3.55. The van der Waals surface area contributed by atoms with Gasteiger partial charge >= 0.3 is 0 Å². The molecule has 1 aliphatic heterocycles. The summed E-state index contributed by atoms with van der Waals surface area (Å²) in [6, 6.07) is 7.51. The minimum absolute atomic E-state index is 0.0375. The van der Waals surface area contributed by atoms with Crippen LogP contribution in [0.5, 0.6) is 0 Å². The van der Waals surface area contributed by atoms with Gasteiger partial charge in [-0.3, -0.25) is 4.79 Å². The number of nitrogens with one attached hydrogen (secondary N) is 1. The molecule has 1 aromatic rings. The Bertz CT molecular complexity index is 433. The average molecular weight is 248 g/mol. The maximum atomic E-state index is 12.4. The summed E-state index contributed by atoms with van der Waals surface area (Å²) in [4.78, 5) is 14.2. The summed E-state index contributed by atoms with van der Waals surface area (Å²) >= 11 is 0. The molecule has 0 saturated carbocycles. The van der Waals surface area contributed by atoms with E-state index in [4.69, 9.17) is 0 Å². The van der Waals surface area contributed by atoms with Crippen molar-refractivity contribution in [1.29, 1.82) is 0 Å². The molecule has 0 aromatic heterocycles. The number of carbonyl (C=O) groups excluding carboxylic acids is 1. The number of piperidine rings is 1. The molecule has 0 radical (unpaired) electrons. The Morgan fingerprint density at radius 2 is 1.94 bits per heavy atom. The van der Waals surface area contributed by atoms with Crippen molar-refractivity contribution in [1.82, 2.24) is 4.90 Å². The van der Waals surface area contributed by atoms with Crippen LogP contribution in [0.1, 0.15) is 30.1 Å². The zero-order valence-corrected chi connectivity index (χ0v) is 10.9. The second-order valence-corrected chi connectivity index (χ2v) is 5.08. The van der Waals surface area contributed by atoms with Gasteiger partial charge < -0.3 is 15.3 Å². The molecule has 1 fully saturated rings. The Hall–Kier alpha value is -1.55. The van der Waals surface area contributed by atoms with Crippen LogP contribution in [0.3, 0.4) is 0 Å². The molecule has 18 heavy (non-hydrogen) atoms. The van der Waals surface area contributed by atoms with Crippen molar-refractivity contribution in [2.75, 3.05) is 25.5 Å². The van der Waals surface area contributed by atoms with E-state index in [1.807, 2.05) is 43.1 Å². The van der Waals surface area contributed by atoms with Crippen LogP contribution in [0.2, 0.25) is 0 Å². The molecule has 1 amide bonds. The van der Waals surface area contributed by atoms with E-state index < -0.39 is 5.60 Å². The molecule has 1 aliphatic rings. The minimum Gasteiger partial charge on any atom is -0.390 e. The number of hydrogen-bond acceptors (Lipinski definition) is 3. The maximum absolute atomic E-state index is 12.4. The highest BCUT2D eigenvalue weighted by molar-refractivity contribution is 5.99. The van der Waals surface area contributed by atoms with Crippen molar-refractivity contribution in [3.63, 3.8) is 0 Å². The number of aliphatic hydroxyl groups is 1. The quantitative estimate of drug-likeness (QED) is 0.838. The largest absolute Gasteiger partial charge is 0.390 e. The van der Waals surface area contributed by atoms with E-state index in [0.717, 1.165) is 5.69 Å². The van der Waals surface area contributed by atoms with Gasteiger partial charge in [-0.2, -0.15) is 0 Å². The highest BCUT2D eigenvalue weighted by Gasteiger charge is 2.30. The van der Waals surface area contributed by atoms with Gasteiger partial charge in [0.25, 0.3) is 5.91 Å². The van der Waals surface area contributed by atoms with Crippen molar-refractivity contribution >= 4 is 11.6 Å². The highest BCUT2D eigenvalue weighted by atomic mass is 16.3.